The molecular formula is C12H22BrClN2OS. The fraction of sp³-hybridized carbons (Fsp3) is 0.667. The Morgan fingerprint density at radius 1 is 1.50 bits per heavy atom. The van der Waals surface area contributed by atoms with Crippen LogP contribution in [0.4, 0.5) is 0 Å². The highest BCUT2D eigenvalue weighted by molar-refractivity contribution is 9.10. The normalized spacial score (nSPS) is 11.7. The Labute approximate surface area is 128 Å². The van der Waals surface area contributed by atoms with Crippen LogP contribution in [0.25, 0.3) is 0 Å². The average Bonchev–Trinajstić information content (AvgIpc) is 2.59. The van der Waals surface area contributed by atoms with E-state index in [0.717, 1.165) is 26.2 Å². The predicted molar refractivity (Wildman–Crippen MR) is 84.7 cm³/mol. The summed E-state index contributed by atoms with van der Waals surface area (Å²) in [6.07, 6.45) is 0. The standard InChI is InChI=1S/C12H21BrN2OS.ClH/c1-12(2,14)9-15(5-6-16-3)8-11-10(13)4-7-17-11;/h4,7H,5-6,8-9,14H2,1-3H3;1H. The zero-order chi connectivity index (χ0) is 12.9. The maximum absolute atomic E-state index is 6.08. The van der Waals surface area contributed by atoms with Gasteiger partial charge in [0.1, 0.15) is 0 Å². The summed E-state index contributed by atoms with van der Waals surface area (Å²) in [7, 11) is 1.73. The molecule has 1 heterocycles. The molecule has 0 saturated heterocycles. The highest BCUT2D eigenvalue weighted by Crippen LogP contribution is 2.24. The summed E-state index contributed by atoms with van der Waals surface area (Å²) < 4.78 is 6.33. The van der Waals surface area contributed by atoms with Crippen molar-refractivity contribution < 1.29 is 4.74 Å². The van der Waals surface area contributed by atoms with Crippen molar-refractivity contribution in [2.24, 2.45) is 5.73 Å². The highest BCUT2D eigenvalue weighted by Gasteiger charge is 2.18. The number of hydrogen-bond acceptors (Lipinski definition) is 4. The third-order valence-electron chi connectivity index (χ3n) is 2.30. The van der Waals surface area contributed by atoms with E-state index in [0.29, 0.717) is 0 Å². The maximum atomic E-state index is 6.08. The van der Waals surface area contributed by atoms with Gasteiger partial charge in [0.25, 0.3) is 0 Å². The average molecular weight is 358 g/mol. The van der Waals surface area contributed by atoms with E-state index in [9.17, 15) is 0 Å². The summed E-state index contributed by atoms with van der Waals surface area (Å²) in [5.41, 5.74) is 5.90. The zero-order valence-electron chi connectivity index (χ0n) is 11.1. The number of halogens is 2. The van der Waals surface area contributed by atoms with Crippen LogP contribution in [0.15, 0.2) is 15.9 Å². The van der Waals surface area contributed by atoms with E-state index in [1.54, 1.807) is 18.4 Å². The van der Waals surface area contributed by atoms with E-state index >= 15 is 0 Å². The molecule has 3 nitrogen and oxygen atoms in total. The van der Waals surface area contributed by atoms with Crippen LogP contribution in [0.5, 0.6) is 0 Å². The molecule has 0 aromatic carbocycles. The molecule has 0 bridgehead atoms. The quantitative estimate of drug-likeness (QED) is 0.815. The van der Waals surface area contributed by atoms with Gasteiger partial charge in [-0.2, -0.15) is 0 Å². The number of rotatable bonds is 7. The Kier molecular flexibility index (Phi) is 8.67. The van der Waals surface area contributed by atoms with Crippen molar-refractivity contribution in [2.45, 2.75) is 25.9 Å². The Morgan fingerprint density at radius 3 is 2.61 bits per heavy atom. The van der Waals surface area contributed by atoms with E-state index in [4.69, 9.17) is 10.5 Å². The van der Waals surface area contributed by atoms with Crippen molar-refractivity contribution in [1.29, 1.82) is 0 Å². The van der Waals surface area contributed by atoms with Crippen LogP contribution >= 0.6 is 39.7 Å². The first-order valence-electron chi connectivity index (χ1n) is 5.64. The molecule has 0 aliphatic rings. The number of ether oxygens (including phenoxy) is 1. The molecule has 0 amide bonds. The van der Waals surface area contributed by atoms with Gasteiger partial charge in [0, 0.05) is 41.6 Å². The van der Waals surface area contributed by atoms with Crippen LogP contribution in [-0.4, -0.2) is 37.2 Å². The molecule has 0 aliphatic carbocycles. The molecule has 0 aliphatic heterocycles. The molecule has 0 unspecified atom stereocenters. The number of methoxy groups -OCH3 is 1. The lowest BCUT2D eigenvalue weighted by atomic mass is 10.1. The highest BCUT2D eigenvalue weighted by atomic mass is 79.9. The van der Waals surface area contributed by atoms with Crippen molar-refractivity contribution in [2.75, 3.05) is 26.8 Å². The first-order chi connectivity index (χ1) is 7.92. The van der Waals surface area contributed by atoms with E-state index in [-0.39, 0.29) is 17.9 Å². The Balaban J connectivity index is 0.00000289. The number of thiophene rings is 1. The summed E-state index contributed by atoms with van der Waals surface area (Å²) in [6.45, 7) is 7.52. The zero-order valence-corrected chi connectivity index (χ0v) is 14.3. The van der Waals surface area contributed by atoms with Gasteiger partial charge >= 0.3 is 0 Å². The molecule has 6 heteroatoms. The van der Waals surface area contributed by atoms with Crippen molar-refractivity contribution in [3.63, 3.8) is 0 Å². The largest absolute Gasteiger partial charge is 0.383 e. The van der Waals surface area contributed by atoms with Gasteiger partial charge in [-0.15, -0.1) is 23.7 Å². The minimum atomic E-state index is -0.183. The minimum absolute atomic E-state index is 0. The smallest absolute Gasteiger partial charge is 0.0589 e. The first-order valence-corrected chi connectivity index (χ1v) is 7.31. The van der Waals surface area contributed by atoms with Gasteiger partial charge in [-0.25, -0.2) is 0 Å². The van der Waals surface area contributed by atoms with Gasteiger partial charge < -0.3 is 10.5 Å². The lowest BCUT2D eigenvalue weighted by molar-refractivity contribution is 0.131. The number of nitrogens with two attached hydrogens (primary N) is 1. The summed E-state index contributed by atoms with van der Waals surface area (Å²) in [6, 6.07) is 2.09. The van der Waals surface area contributed by atoms with Gasteiger partial charge in [0.2, 0.25) is 0 Å². The summed E-state index contributed by atoms with van der Waals surface area (Å²) in [5, 5.41) is 2.10. The summed E-state index contributed by atoms with van der Waals surface area (Å²) in [4.78, 5) is 3.67. The van der Waals surface area contributed by atoms with Crippen LogP contribution in [0.3, 0.4) is 0 Å². The van der Waals surface area contributed by atoms with Crippen molar-refractivity contribution in [1.82, 2.24) is 4.90 Å². The molecule has 1 aromatic heterocycles. The van der Waals surface area contributed by atoms with Gasteiger partial charge in [0.05, 0.1) is 6.61 Å². The van der Waals surface area contributed by atoms with Gasteiger partial charge in [-0.05, 0) is 41.2 Å². The molecule has 2 N–H and O–H groups in total. The molecule has 0 spiro atoms. The van der Waals surface area contributed by atoms with Crippen LogP contribution in [0.1, 0.15) is 18.7 Å². The van der Waals surface area contributed by atoms with Gasteiger partial charge in [0.15, 0.2) is 0 Å². The van der Waals surface area contributed by atoms with Gasteiger partial charge in [-0.1, -0.05) is 0 Å². The van der Waals surface area contributed by atoms with Crippen LogP contribution < -0.4 is 5.73 Å². The van der Waals surface area contributed by atoms with Crippen LogP contribution in [0, 0.1) is 0 Å². The molecular weight excluding hydrogens is 336 g/mol. The Morgan fingerprint density at radius 2 is 2.17 bits per heavy atom. The lowest BCUT2D eigenvalue weighted by Gasteiger charge is -2.29. The fourth-order valence-corrected chi connectivity index (χ4v) is 3.17. The van der Waals surface area contributed by atoms with E-state index in [1.807, 2.05) is 0 Å². The Bertz CT molecular complexity index is 341. The molecule has 1 aromatic rings. The lowest BCUT2D eigenvalue weighted by Crippen LogP contribution is -2.45. The summed E-state index contributed by atoms with van der Waals surface area (Å²) in [5.74, 6) is 0. The van der Waals surface area contributed by atoms with Crippen molar-refractivity contribution in [3.8, 4) is 0 Å². The van der Waals surface area contributed by atoms with Crippen LogP contribution in [-0.2, 0) is 11.3 Å². The third kappa shape index (κ3) is 7.07. The minimum Gasteiger partial charge on any atom is -0.383 e. The van der Waals surface area contributed by atoms with Crippen LogP contribution in [0.2, 0.25) is 0 Å². The second-order valence-electron chi connectivity index (χ2n) is 4.88. The second kappa shape index (κ2) is 8.51. The predicted octanol–water partition coefficient (Wildman–Crippen LogP) is 3.12. The maximum Gasteiger partial charge on any atom is 0.0589 e. The molecule has 0 radical (unpaired) electrons. The Hall–Kier alpha value is 0.350. The van der Waals surface area contributed by atoms with Gasteiger partial charge in [-0.3, -0.25) is 4.90 Å². The van der Waals surface area contributed by atoms with E-state index in [1.165, 1.54) is 9.35 Å². The number of hydrogen-bond donors (Lipinski definition) is 1. The molecule has 18 heavy (non-hydrogen) atoms. The van der Waals surface area contributed by atoms with E-state index < -0.39 is 0 Å². The molecule has 106 valence electrons. The fourth-order valence-electron chi connectivity index (χ4n) is 1.65. The molecule has 0 atom stereocenters. The second-order valence-corrected chi connectivity index (χ2v) is 6.74. The van der Waals surface area contributed by atoms with Crippen molar-refractivity contribution >= 4 is 39.7 Å². The molecule has 1 rings (SSSR count). The monoisotopic (exact) mass is 356 g/mol. The molecule has 0 fully saturated rings. The van der Waals surface area contributed by atoms with Crippen molar-refractivity contribution in [3.05, 3.63) is 20.8 Å². The topological polar surface area (TPSA) is 38.5 Å². The molecule has 0 saturated carbocycles. The van der Waals surface area contributed by atoms with E-state index in [2.05, 4.69) is 46.1 Å². The summed E-state index contributed by atoms with van der Waals surface area (Å²) >= 11 is 5.33. The SMILES string of the molecule is COCCN(Cc1sccc1Br)CC(C)(C)N.Cl. The number of nitrogens with zero attached hydrogens (tertiary/aromatic N) is 1. The third-order valence-corrected chi connectivity index (χ3v) is 4.21. The first kappa shape index (κ1) is 18.4.